The first-order valence-corrected chi connectivity index (χ1v) is 8.08. The number of aromatic hydroxyl groups is 1. The largest absolute Gasteiger partial charge is 0.507 e. The van der Waals surface area contributed by atoms with Crippen LogP contribution in [0.25, 0.3) is 11.4 Å². The Kier molecular flexibility index (Phi) is 4.95. The van der Waals surface area contributed by atoms with Crippen LogP contribution in [-0.2, 0) is 0 Å². The maximum Gasteiger partial charge on any atom is 0.165 e. The van der Waals surface area contributed by atoms with Gasteiger partial charge in [-0.05, 0) is 25.1 Å². The van der Waals surface area contributed by atoms with Crippen LogP contribution in [0.1, 0.15) is 11.3 Å². The van der Waals surface area contributed by atoms with Crippen LogP contribution in [-0.4, -0.2) is 28.3 Å². The van der Waals surface area contributed by atoms with Crippen LogP contribution >= 0.6 is 11.6 Å². The van der Waals surface area contributed by atoms with Gasteiger partial charge in [0.25, 0.3) is 0 Å². The van der Waals surface area contributed by atoms with E-state index in [4.69, 9.17) is 11.6 Å². The molecule has 0 atom stereocenters. The molecular formula is C19H17ClN4O. The summed E-state index contributed by atoms with van der Waals surface area (Å²) in [6.45, 7) is 1.88. The Morgan fingerprint density at radius 3 is 2.56 bits per heavy atom. The number of aromatic nitrogens is 2. The Balaban J connectivity index is 1.92. The quantitative estimate of drug-likeness (QED) is 0.562. The predicted molar refractivity (Wildman–Crippen MR) is 101 cm³/mol. The molecule has 0 radical (unpaired) electrons. The zero-order valence-electron chi connectivity index (χ0n) is 13.9. The third kappa shape index (κ3) is 3.95. The molecule has 1 heterocycles. The minimum Gasteiger partial charge on any atom is -0.507 e. The van der Waals surface area contributed by atoms with Gasteiger partial charge in [-0.3, -0.25) is 5.01 Å². The molecule has 1 N–H and O–H groups in total. The van der Waals surface area contributed by atoms with Crippen molar-refractivity contribution in [3.05, 3.63) is 70.9 Å². The van der Waals surface area contributed by atoms with Gasteiger partial charge in [0, 0.05) is 29.4 Å². The zero-order chi connectivity index (χ0) is 17.8. The minimum atomic E-state index is 0.140. The van der Waals surface area contributed by atoms with Gasteiger partial charge in [-0.1, -0.05) is 41.9 Å². The monoisotopic (exact) mass is 352 g/mol. The average Bonchev–Trinajstić information content (AvgIpc) is 2.60. The van der Waals surface area contributed by atoms with E-state index in [1.807, 2.05) is 43.3 Å². The molecule has 2 aromatic carbocycles. The molecule has 3 aromatic rings. The molecule has 6 heteroatoms. The van der Waals surface area contributed by atoms with Crippen molar-refractivity contribution in [3.8, 4) is 17.1 Å². The van der Waals surface area contributed by atoms with Crippen LogP contribution in [0.4, 0.5) is 5.82 Å². The van der Waals surface area contributed by atoms with Gasteiger partial charge in [-0.15, -0.1) is 0 Å². The Hall–Kier alpha value is -2.92. The summed E-state index contributed by atoms with van der Waals surface area (Å²) in [5.74, 6) is 1.21. The van der Waals surface area contributed by atoms with Crippen molar-refractivity contribution in [1.29, 1.82) is 0 Å². The second kappa shape index (κ2) is 7.32. The van der Waals surface area contributed by atoms with E-state index < -0.39 is 0 Å². The van der Waals surface area contributed by atoms with Gasteiger partial charge >= 0.3 is 0 Å². The first-order valence-electron chi connectivity index (χ1n) is 7.71. The van der Waals surface area contributed by atoms with Gasteiger partial charge in [0.1, 0.15) is 5.75 Å². The summed E-state index contributed by atoms with van der Waals surface area (Å²) in [5, 5.41) is 16.7. The fourth-order valence-electron chi connectivity index (χ4n) is 2.29. The number of rotatable bonds is 4. The molecule has 0 aliphatic heterocycles. The summed E-state index contributed by atoms with van der Waals surface area (Å²) in [5.41, 5.74) is 2.18. The second-order valence-electron chi connectivity index (χ2n) is 5.50. The minimum absolute atomic E-state index is 0.140. The molecule has 0 aliphatic carbocycles. The number of hydrogen-bond acceptors (Lipinski definition) is 5. The van der Waals surface area contributed by atoms with E-state index in [0.717, 1.165) is 11.3 Å². The molecule has 0 aliphatic rings. The van der Waals surface area contributed by atoms with Crippen molar-refractivity contribution in [1.82, 2.24) is 9.97 Å². The van der Waals surface area contributed by atoms with E-state index in [1.54, 1.807) is 36.5 Å². The molecule has 0 bridgehead atoms. The second-order valence-corrected chi connectivity index (χ2v) is 5.91. The number of halogens is 1. The van der Waals surface area contributed by atoms with Gasteiger partial charge in [0.2, 0.25) is 0 Å². The molecule has 25 heavy (non-hydrogen) atoms. The van der Waals surface area contributed by atoms with Crippen molar-refractivity contribution < 1.29 is 5.11 Å². The van der Waals surface area contributed by atoms with Gasteiger partial charge in [-0.2, -0.15) is 5.10 Å². The van der Waals surface area contributed by atoms with Crippen molar-refractivity contribution in [2.45, 2.75) is 6.92 Å². The fourth-order valence-corrected chi connectivity index (χ4v) is 2.47. The lowest BCUT2D eigenvalue weighted by molar-refractivity contribution is 0.477. The summed E-state index contributed by atoms with van der Waals surface area (Å²) >= 11 is 6.14. The predicted octanol–water partition coefficient (Wildman–Crippen LogP) is 4.28. The fraction of sp³-hybridized carbons (Fsp3) is 0.105. The number of anilines is 1. The van der Waals surface area contributed by atoms with E-state index >= 15 is 0 Å². The first kappa shape index (κ1) is 16.9. The molecule has 0 fully saturated rings. The van der Waals surface area contributed by atoms with E-state index in [-0.39, 0.29) is 5.75 Å². The third-order valence-corrected chi connectivity index (χ3v) is 3.94. The molecular weight excluding hydrogens is 336 g/mol. The number of phenols is 1. The highest BCUT2D eigenvalue weighted by Crippen LogP contribution is 2.27. The van der Waals surface area contributed by atoms with Crippen LogP contribution in [0.2, 0.25) is 5.02 Å². The van der Waals surface area contributed by atoms with E-state index in [9.17, 15) is 5.11 Å². The maximum atomic E-state index is 10.0. The smallest absolute Gasteiger partial charge is 0.165 e. The average molecular weight is 353 g/mol. The summed E-state index contributed by atoms with van der Waals surface area (Å²) in [7, 11) is 1.80. The Morgan fingerprint density at radius 2 is 1.80 bits per heavy atom. The number of hydrazone groups is 1. The SMILES string of the molecule is Cc1cc(N(C)/N=C\c2ccccc2Cl)nc(-c2ccccc2O)n1. The summed E-state index contributed by atoms with van der Waals surface area (Å²) in [4.78, 5) is 8.92. The molecule has 0 saturated heterocycles. The number of benzene rings is 2. The molecule has 3 rings (SSSR count). The van der Waals surface area contributed by atoms with Gasteiger partial charge in [-0.25, -0.2) is 9.97 Å². The van der Waals surface area contributed by atoms with Crippen molar-refractivity contribution in [2.24, 2.45) is 5.10 Å². The van der Waals surface area contributed by atoms with Crippen LogP contribution in [0.3, 0.4) is 0 Å². The molecule has 0 spiro atoms. The number of aryl methyl sites for hydroxylation is 1. The van der Waals surface area contributed by atoms with Gasteiger partial charge in [0.15, 0.2) is 11.6 Å². The molecule has 126 valence electrons. The number of hydrogen-bond donors (Lipinski definition) is 1. The lowest BCUT2D eigenvalue weighted by Gasteiger charge is -2.14. The van der Waals surface area contributed by atoms with Gasteiger partial charge < -0.3 is 5.11 Å². The summed E-state index contributed by atoms with van der Waals surface area (Å²) < 4.78 is 0. The van der Waals surface area contributed by atoms with Gasteiger partial charge in [0.05, 0.1) is 11.8 Å². The highest BCUT2D eigenvalue weighted by molar-refractivity contribution is 6.33. The third-order valence-electron chi connectivity index (χ3n) is 3.59. The van der Waals surface area contributed by atoms with Crippen LogP contribution < -0.4 is 5.01 Å². The molecule has 0 amide bonds. The molecule has 0 saturated carbocycles. The van der Waals surface area contributed by atoms with E-state index in [0.29, 0.717) is 22.2 Å². The standard InChI is InChI=1S/C19H17ClN4O/c1-13-11-18(23-19(22-13)15-8-4-6-10-17(15)25)24(2)21-12-14-7-3-5-9-16(14)20/h3-12,25H,1-2H3/b21-12-. The highest BCUT2D eigenvalue weighted by atomic mass is 35.5. The Morgan fingerprint density at radius 1 is 1.08 bits per heavy atom. The normalized spacial score (nSPS) is 11.0. The molecule has 1 aromatic heterocycles. The van der Waals surface area contributed by atoms with Crippen molar-refractivity contribution >= 4 is 23.6 Å². The maximum absolute atomic E-state index is 10.0. The summed E-state index contributed by atoms with van der Waals surface area (Å²) in [6.07, 6.45) is 1.68. The Labute approximate surface area is 151 Å². The van der Waals surface area contributed by atoms with Crippen LogP contribution in [0.5, 0.6) is 5.75 Å². The molecule has 5 nitrogen and oxygen atoms in total. The van der Waals surface area contributed by atoms with Crippen LogP contribution in [0.15, 0.2) is 59.7 Å². The summed E-state index contributed by atoms with van der Waals surface area (Å²) in [6, 6.07) is 16.3. The highest BCUT2D eigenvalue weighted by Gasteiger charge is 2.11. The lowest BCUT2D eigenvalue weighted by atomic mass is 10.2. The lowest BCUT2D eigenvalue weighted by Crippen LogP contribution is -2.12. The topological polar surface area (TPSA) is 61.6 Å². The Bertz CT molecular complexity index is 927. The zero-order valence-corrected chi connectivity index (χ0v) is 14.6. The number of phenolic OH excluding ortho intramolecular Hbond substituents is 1. The number of para-hydroxylation sites is 1. The van der Waals surface area contributed by atoms with E-state index in [1.165, 1.54) is 0 Å². The number of nitrogens with zero attached hydrogens (tertiary/aromatic N) is 4. The molecule has 0 unspecified atom stereocenters. The van der Waals surface area contributed by atoms with Crippen molar-refractivity contribution in [2.75, 3.05) is 12.1 Å². The van der Waals surface area contributed by atoms with Crippen molar-refractivity contribution in [3.63, 3.8) is 0 Å². The van der Waals surface area contributed by atoms with E-state index in [2.05, 4.69) is 15.1 Å². The first-order chi connectivity index (χ1) is 12.0. The van der Waals surface area contributed by atoms with Crippen LogP contribution in [0, 0.1) is 6.92 Å².